The van der Waals surface area contributed by atoms with E-state index in [-0.39, 0.29) is 5.97 Å². The van der Waals surface area contributed by atoms with E-state index in [0.717, 1.165) is 38.4 Å². The van der Waals surface area contributed by atoms with Gasteiger partial charge in [-0.3, -0.25) is 0 Å². The molecule has 0 aliphatic carbocycles. The van der Waals surface area contributed by atoms with E-state index in [9.17, 15) is 4.79 Å². The minimum absolute atomic E-state index is 0.364. The van der Waals surface area contributed by atoms with Crippen molar-refractivity contribution in [1.29, 1.82) is 0 Å². The Morgan fingerprint density at radius 2 is 2.16 bits per heavy atom. The van der Waals surface area contributed by atoms with Gasteiger partial charge in [0.25, 0.3) is 0 Å². The number of furan rings is 1. The topological polar surface area (TPSA) is 54.7 Å². The van der Waals surface area contributed by atoms with Crippen molar-refractivity contribution in [3.05, 3.63) is 23.7 Å². The van der Waals surface area contributed by atoms with Crippen LogP contribution in [0.1, 0.15) is 36.4 Å². The maximum absolute atomic E-state index is 11.2. The van der Waals surface area contributed by atoms with Gasteiger partial charge in [-0.05, 0) is 38.7 Å². The Labute approximate surface area is 114 Å². The Kier molecular flexibility index (Phi) is 7.22. The van der Waals surface area contributed by atoms with Crippen LogP contribution in [0.25, 0.3) is 0 Å². The number of carbonyl (C=O) groups excluding carboxylic acids is 1. The van der Waals surface area contributed by atoms with Crippen LogP contribution in [0.5, 0.6) is 0 Å². The predicted molar refractivity (Wildman–Crippen MR) is 74.2 cm³/mol. The first kappa shape index (κ1) is 15.7. The van der Waals surface area contributed by atoms with E-state index in [0.29, 0.717) is 12.1 Å². The summed E-state index contributed by atoms with van der Waals surface area (Å²) in [4.78, 5) is 13.6. The molecule has 1 N–H and O–H groups in total. The number of hydrogen-bond acceptors (Lipinski definition) is 5. The zero-order valence-corrected chi connectivity index (χ0v) is 12.1. The number of nitrogens with one attached hydrogen (secondary N) is 1. The maximum Gasteiger partial charge on any atom is 0.341 e. The average molecular weight is 268 g/mol. The molecule has 19 heavy (non-hydrogen) atoms. The molecule has 1 aromatic heterocycles. The van der Waals surface area contributed by atoms with Gasteiger partial charge in [-0.25, -0.2) is 4.79 Å². The Hall–Kier alpha value is -1.33. The molecule has 0 amide bonds. The summed E-state index contributed by atoms with van der Waals surface area (Å²) < 4.78 is 9.90. The third kappa shape index (κ3) is 5.44. The summed E-state index contributed by atoms with van der Waals surface area (Å²) in [5.41, 5.74) is 0.461. The second-order valence-corrected chi connectivity index (χ2v) is 4.35. The van der Waals surface area contributed by atoms with Crippen LogP contribution in [0.3, 0.4) is 0 Å². The van der Waals surface area contributed by atoms with Crippen molar-refractivity contribution in [1.82, 2.24) is 10.2 Å². The standard InChI is InChI=1S/C14H24N2O3/c1-4-16(5-2)8-6-7-15-10-13-9-12(11-19-13)14(17)18-3/h9,11,15H,4-8,10H2,1-3H3. The SMILES string of the molecule is CCN(CC)CCCNCc1cc(C(=O)OC)co1. The second-order valence-electron chi connectivity index (χ2n) is 4.35. The average Bonchev–Trinajstić information content (AvgIpc) is 2.91. The molecule has 0 radical (unpaired) electrons. The van der Waals surface area contributed by atoms with Crippen molar-refractivity contribution in [3.8, 4) is 0 Å². The van der Waals surface area contributed by atoms with Gasteiger partial charge in [0.2, 0.25) is 0 Å². The number of ether oxygens (including phenoxy) is 1. The smallest absolute Gasteiger partial charge is 0.341 e. The van der Waals surface area contributed by atoms with E-state index >= 15 is 0 Å². The molecule has 0 aliphatic heterocycles. The van der Waals surface area contributed by atoms with Crippen LogP contribution in [0, 0.1) is 0 Å². The van der Waals surface area contributed by atoms with E-state index in [1.807, 2.05) is 0 Å². The molecule has 0 fully saturated rings. The van der Waals surface area contributed by atoms with Crippen LogP contribution in [-0.2, 0) is 11.3 Å². The number of esters is 1. The summed E-state index contributed by atoms with van der Waals surface area (Å²) in [6.07, 6.45) is 2.53. The summed E-state index contributed by atoms with van der Waals surface area (Å²) in [5, 5.41) is 3.30. The quantitative estimate of drug-likeness (QED) is 0.547. The highest BCUT2D eigenvalue weighted by Crippen LogP contribution is 2.08. The summed E-state index contributed by atoms with van der Waals surface area (Å²) in [6, 6.07) is 1.71. The molecular formula is C14H24N2O3. The van der Waals surface area contributed by atoms with Crippen LogP contribution in [0.4, 0.5) is 0 Å². The molecule has 0 atom stereocenters. The fourth-order valence-corrected chi connectivity index (χ4v) is 1.88. The second kappa shape index (κ2) is 8.72. The first-order valence-electron chi connectivity index (χ1n) is 6.80. The van der Waals surface area contributed by atoms with Crippen molar-refractivity contribution in [2.45, 2.75) is 26.8 Å². The molecule has 0 saturated heterocycles. The van der Waals surface area contributed by atoms with Crippen molar-refractivity contribution < 1.29 is 13.9 Å². The van der Waals surface area contributed by atoms with Crippen LogP contribution in [-0.4, -0.2) is 44.2 Å². The van der Waals surface area contributed by atoms with Crippen molar-refractivity contribution in [2.75, 3.05) is 33.3 Å². The van der Waals surface area contributed by atoms with Crippen LogP contribution in [0.15, 0.2) is 16.7 Å². The molecule has 0 unspecified atom stereocenters. The number of methoxy groups -OCH3 is 1. The highest BCUT2D eigenvalue weighted by molar-refractivity contribution is 5.88. The lowest BCUT2D eigenvalue weighted by Crippen LogP contribution is -2.27. The Bertz CT molecular complexity index is 373. The molecule has 1 rings (SSSR count). The lowest BCUT2D eigenvalue weighted by atomic mass is 10.3. The monoisotopic (exact) mass is 268 g/mol. The molecule has 1 heterocycles. The van der Waals surface area contributed by atoms with Gasteiger partial charge >= 0.3 is 5.97 Å². The lowest BCUT2D eigenvalue weighted by molar-refractivity contribution is 0.0600. The van der Waals surface area contributed by atoms with Crippen molar-refractivity contribution in [3.63, 3.8) is 0 Å². The summed E-state index contributed by atoms with van der Waals surface area (Å²) in [5.74, 6) is 0.389. The third-order valence-electron chi connectivity index (χ3n) is 3.10. The van der Waals surface area contributed by atoms with Crippen LogP contribution in [0.2, 0.25) is 0 Å². The van der Waals surface area contributed by atoms with E-state index in [1.165, 1.54) is 13.4 Å². The van der Waals surface area contributed by atoms with Gasteiger partial charge in [0.15, 0.2) is 0 Å². The van der Waals surface area contributed by atoms with E-state index in [4.69, 9.17) is 4.42 Å². The Morgan fingerprint density at radius 3 is 2.79 bits per heavy atom. The van der Waals surface area contributed by atoms with Crippen molar-refractivity contribution in [2.24, 2.45) is 0 Å². The van der Waals surface area contributed by atoms with Crippen LogP contribution >= 0.6 is 0 Å². The molecule has 5 nitrogen and oxygen atoms in total. The Morgan fingerprint density at radius 1 is 1.42 bits per heavy atom. The highest BCUT2D eigenvalue weighted by Gasteiger charge is 2.09. The van der Waals surface area contributed by atoms with E-state index in [2.05, 4.69) is 28.8 Å². The van der Waals surface area contributed by atoms with Crippen molar-refractivity contribution >= 4 is 5.97 Å². The molecule has 1 aromatic rings. The summed E-state index contributed by atoms with van der Waals surface area (Å²) in [6.45, 7) is 9.21. The largest absolute Gasteiger partial charge is 0.467 e. The molecule has 0 aromatic carbocycles. The van der Waals surface area contributed by atoms with Gasteiger partial charge in [-0.1, -0.05) is 13.8 Å². The molecular weight excluding hydrogens is 244 g/mol. The van der Waals surface area contributed by atoms with Crippen LogP contribution < -0.4 is 5.32 Å². The zero-order valence-electron chi connectivity index (χ0n) is 12.1. The van der Waals surface area contributed by atoms with Gasteiger partial charge in [0.1, 0.15) is 12.0 Å². The van der Waals surface area contributed by atoms with E-state index < -0.39 is 0 Å². The molecule has 108 valence electrons. The molecule has 5 heteroatoms. The normalized spacial score (nSPS) is 10.9. The molecule has 0 aliphatic rings. The van der Waals surface area contributed by atoms with Gasteiger partial charge in [-0.2, -0.15) is 0 Å². The first-order chi connectivity index (χ1) is 9.21. The fraction of sp³-hybridized carbons (Fsp3) is 0.643. The molecule has 0 spiro atoms. The number of hydrogen-bond donors (Lipinski definition) is 1. The number of rotatable bonds is 9. The van der Waals surface area contributed by atoms with E-state index in [1.54, 1.807) is 6.07 Å². The minimum atomic E-state index is -0.364. The predicted octanol–water partition coefficient (Wildman–Crippen LogP) is 1.89. The van der Waals surface area contributed by atoms with Gasteiger partial charge < -0.3 is 19.4 Å². The maximum atomic E-state index is 11.2. The number of nitrogens with zero attached hydrogens (tertiary/aromatic N) is 1. The van der Waals surface area contributed by atoms with Gasteiger partial charge in [0.05, 0.1) is 19.2 Å². The molecule has 0 bridgehead atoms. The fourth-order valence-electron chi connectivity index (χ4n) is 1.88. The first-order valence-corrected chi connectivity index (χ1v) is 6.80. The Balaban J connectivity index is 2.19. The van der Waals surface area contributed by atoms with Gasteiger partial charge in [-0.15, -0.1) is 0 Å². The minimum Gasteiger partial charge on any atom is -0.467 e. The zero-order chi connectivity index (χ0) is 14.1. The summed E-state index contributed by atoms with van der Waals surface area (Å²) >= 11 is 0. The lowest BCUT2D eigenvalue weighted by Gasteiger charge is -2.17. The highest BCUT2D eigenvalue weighted by atomic mass is 16.5. The number of carbonyl (C=O) groups is 1. The summed E-state index contributed by atoms with van der Waals surface area (Å²) in [7, 11) is 1.36. The third-order valence-corrected chi connectivity index (χ3v) is 3.10. The molecule has 0 saturated carbocycles. The van der Waals surface area contributed by atoms with Gasteiger partial charge in [0, 0.05) is 0 Å².